The van der Waals surface area contributed by atoms with Gasteiger partial charge in [-0.2, -0.15) is 0 Å². The predicted molar refractivity (Wildman–Crippen MR) is 61.8 cm³/mol. The highest BCUT2D eigenvalue weighted by Crippen LogP contribution is 2.09. The third-order valence-electron chi connectivity index (χ3n) is 3.02. The summed E-state index contributed by atoms with van der Waals surface area (Å²) in [6, 6.07) is 0.597. The van der Waals surface area contributed by atoms with Gasteiger partial charge >= 0.3 is 0 Å². The van der Waals surface area contributed by atoms with Crippen molar-refractivity contribution in [1.82, 2.24) is 15.5 Å². The van der Waals surface area contributed by atoms with Crippen LogP contribution >= 0.6 is 0 Å². The van der Waals surface area contributed by atoms with E-state index >= 15 is 0 Å². The lowest BCUT2D eigenvalue weighted by Crippen LogP contribution is -2.33. The highest BCUT2D eigenvalue weighted by Gasteiger charge is 2.13. The molecule has 1 heterocycles. The van der Waals surface area contributed by atoms with E-state index in [1.54, 1.807) is 7.05 Å². The van der Waals surface area contributed by atoms with Crippen molar-refractivity contribution in [3.63, 3.8) is 0 Å². The third-order valence-corrected chi connectivity index (χ3v) is 3.02. The molecular formula is C11H23N3O. The van der Waals surface area contributed by atoms with Gasteiger partial charge in [0.05, 0.1) is 0 Å². The molecule has 4 nitrogen and oxygen atoms in total. The van der Waals surface area contributed by atoms with E-state index in [1.807, 2.05) is 0 Å². The summed E-state index contributed by atoms with van der Waals surface area (Å²) in [4.78, 5) is 13.4. The average Bonchev–Trinajstić information content (AvgIpc) is 2.43. The summed E-state index contributed by atoms with van der Waals surface area (Å²) in [6.07, 6.45) is 4.28. The fourth-order valence-electron chi connectivity index (χ4n) is 1.96. The minimum absolute atomic E-state index is 0.119. The zero-order valence-corrected chi connectivity index (χ0v) is 9.88. The molecule has 1 unspecified atom stereocenters. The van der Waals surface area contributed by atoms with Crippen LogP contribution in [0.5, 0.6) is 0 Å². The highest BCUT2D eigenvalue weighted by molar-refractivity contribution is 5.75. The number of hydrogen-bond acceptors (Lipinski definition) is 3. The van der Waals surface area contributed by atoms with Crippen molar-refractivity contribution in [2.75, 3.05) is 33.7 Å². The molecule has 88 valence electrons. The Morgan fingerprint density at radius 2 is 2.20 bits per heavy atom. The number of hydrogen-bond donors (Lipinski definition) is 2. The Morgan fingerprint density at radius 1 is 1.40 bits per heavy atom. The van der Waals surface area contributed by atoms with Crippen LogP contribution in [0.4, 0.5) is 0 Å². The molecule has 0 aliphatic carbocycles. The van der Waals surface area contributed by atoms with Gasteiger partial charge in [-0.15, -0.1) is 0 Å². The van der Waals surface area contributed by atoms with Gasteiger partial charge in [-0.3, -0.25) is 4.79 Å². The summed E-state index contributed by atoms with van der Waals surface area (Å²) in [6.45, 7) is 3.17. The maximum absolute atomic E-state index is 11.0. The highest BCUT2D eigenvalue weighted by atomic mass is 16.1. The van der Waals surface area contributed by atoms with E-state index in [2.05, 4.69) is 22.6 Å². The summed E-state index contributed by atoms with van der Waals surface area (Å²) in [5.41, 5.74) is 0. The average molecular weight is 213 g/mol. The predicted octanol–water partition coefficient (Wildman–Crippen LogP) is 0.196. The third kappa shape index (κ3) is 5.14. The van der Waals surface area contributed by atoms with Crippen LogP contribution < -0.4 is 10.6 Å². The molecule has 2 N–H and O–H groups in total. The number of carbonyl (C=O) groups excluding carboxylic acids is 1. The molecule has 0 radical (unpaired) electrons. The van der Waals surface area contributed by atoms with Crippen LogP contribution in [0.3, 0.4) is 0 Å². The van der Waals surface area contributed by atoms with Crippen molar-refractivity contribution < 1.29 is 4.79 Å². The standard InChI is InChI=1S/C11H23N3O/c1-12-11(15)5-7-13-10-4-3-8-14(2)9-6-10/h10,13H,3-9H2,1-2H3,(H,12,15). The Balaban J connectivity index is 2.12. The maximum Gasteiger partial charge on any atom is 0.221 e. The first kappa shape index (κ1) is 12.5. The zero-order chi connectivity index (χ0) is 11.1. The van der Waals surface area contributed by atoms with E-state index in [0.717, 1.165) is 13.1 Å². The summed E-state index contributed by atoms with van der Waals surface area (Å²) < 4.78 is 0. The van der Waals surface area contributed by atoms with Gasteiger partial charge in [-0.05, 0) is 39.4 Å². The van der Waals surface area contributed by atoms with Crippen molar-refractivity contribution >= 4 is 5.91 Å². The van der Waals surface area contributed by atoms with Crippen LogP contribution in [0.1, 0.15) is 25.7 Å². The topological polar surface area (TPSA) is 44.4 Å². The van der Waals surface area contributed by atoms with Crippen LogP contribution in [0.15, 0.2) is 0 Å². The van der Waals surface area contributed by atoms with Crippen LogP contribution in [0, 0.1) is 0 Å². The summed E-state index contributed by atoms with van der Waals surface area (Å²) in [5, 5.41) is 6.09. The van der Waals surface area contributed by atoms with Crippen molar-refractivity contribution in [3.05, 3.63) is 0 Å². The Morgan fingerprint density at radius 3 is 2.93 bits per heavy atom. The van der Waals surface area contributed by atoms with Gasteiger partial charge in [0, 0.05) is 26.1 Å². The molecule has 0 aromatic carbocycles. The molecule has 15 heavy (non-hydrogen) atoms. The lowest BCUT2D eigenvalue weighted by molar-refractivity contribution is -0.120. The van der Waals surface area contributed by atoms with E-state index in [1.165, 1.54) is 25.8 Å². The SMILES string of the molecule is CNC(=O)CCNC1CCCN(C)CC1. The molecule has 4 heteroatoms. The fraction of sp³-hybridized carbons (Fsp3) is 0.909. The molecule has 1 fully saturated rings. The van der Waals surface area contributed by atoms with Crippen molar-refractivity contribution in [2.45, 2.75) is 31.7 Å². The van der Waals surface area contributed by atoms with Crippen LogP contribution in [-0.4, -0.2) is 50.6 Å². The first-order valence-electron chi connectivity index (χ1n) is 5.85. The first-order valence-corrected chi connectivity index (χ1v) is 5.85. The molecule has 1 saturated heterocycles. The van der Waals surface area contributed by atoms with Crippen LogP contribution in [0.25, 0.3) is 0 Å². The van der Waals surface area contributed by atoms with Gasteiger partial charge in [0.2, 0.25) is 5.91 Å². The second-order valence-electron chi connectivity index (χ2n) is 4.31. The van der Waals surface area contributed by atoms with Crippen LogP contribution in [0.2, 0.25) is 0 Å². The van der Waals surface area contributed by atoms with E-state index < -0.39 is 0 Å². The van der Waals surface area contributed by atoms with E-state index in [-0.39, 0.29) is 5.91 Å². The molecular weight excluding hydrogens is 190 g/mol. The van der Waals surface area contributed by atoms with Gasteiger partial charge in [0.1, 0.15) is 0 Å². The number of nitrogens with zero attached hydrogens (tertiary/aromatic N) is 1. The molecule has 1 aliphatic rings. The number of carbonyl (C=O) groups is 1. The Bertz CT molecular complexity index is 196. The van der Waals surface area contributed by atoms with Gasteiger partial charge in [0.25, 0.3) is 0 Å². The quantitative estimate of drug-likeness (QED) is 0.701. The molecule has 0 aromatic rings. The first-order chi connectivity index (χ1) is 7.22. The molecule has 1 atom stereocenters. The summed E-state index contributed by atoms with van der Waals surface area (Å²) in [5.74, 6) is 0.119. The Kier molecular flexibility index (Phi) is 5.65. The van der Waals surface area contributed by atoms with Gasteiger partial charge in [-0.1, -0.05) is 0 Å². The molecule has 0 spiro atoms. The van der Waals surface area contributed by atoms with Crippen molar-refractivity contribution in [1.29, 1.82) is 0 Å². The molecule has 0 bridgehead atoms. The second-order valence-corrected chi connectivity index (χ2v) is 4.31. The number of rotatable bonds is 4. The van der Waals surface area contributed by atoms with Gasteiger partial charge < -0.3 is 15.5 Å². The smallest absolute Gasteiger partial charge is 0.221 e. The number of likely N-dealkylation sites (tertiary alicyclic amines) is 1. The zero-order valence-electron chi connectivity index (χ0n) is 9.88. The van der Waals surface area contributed by atoms with Gasteiger partial charge in [-0.25, -0.2) is 0 Å². The lowest BCUT2D eigenvalue weighted by atomic mass is 10.1. The normalized spacial score (nSPS) is 23.5. The van der Waals surface area contributed by atoms with Crippen molar-refractivity contribution in [2.24, 2.45) is 0 Å². The monoisotopic (exact) mass is 213 g/mol. The number of nitrogens with one attached hydrogen (secondary N) is 2. The van der Waals surface area contributed by atoms with Crippen molar-refractivity contribution in [3.8, 4) is 0 Å². The molecule has 1 aliphatic heterocycles. The Labute approximate surface area is 92.4 Å². The lowest BCUT2D eigenvalue weighted by Gasteiger charge is -2.16. The molecule has 0 aromatic heterocycles. The van der Waals surface area contributed by atoms with E-state index in [4.69, 9.17) is 0 Å². The van der Waals surface area contributed by atoms with E-state index in [9.17, 15) is 4.79 Å². The molecule has 1 amide bonds. The van der Waals surface area contributed by atoms with E-state index in [0.29, 0.717) is 12.5 Å². The number of amides is 1. The maximum atomic E-state index is 11.0. The van der Waals surface area contributed by atoms with Gasteiger partial charge in [0.15, 0.2) is 0 Å². The largest absolute Gasteiger partial charge is 0.359 e. The minimum Gasteiger partial charge on any atom is -0.359 e. The molecule has 1 rings (SSSR count). The Hall–Kier alpha value is -0.610. The second kappa shape index (κ2) is 6.80. The molecule has 0 saturated carbocycles. The van der Waals surface area contributed by atoms with Crippen LogP contribution in [-0.2, 0) is 4.79 Å². The fourth-order valence-corrected chi connectivity index (χ4v) is 1.96. The summed E-state index contributed by atoms with van der Waals surface area (Å²) in [7, 11) is 3.86. The summed E-state index contributed by atoms with van der Waals surface area (Å²) >= 11 is 0. The minimum atomic E-state index is 0.119.